The lowest BCUT2D eigenvalue weighted by Crippen LogP contribution is -2.20. The molecule has 0 aromatic heterocycles. The van der Waals surface area contributed by atoms with Crippen LogP contribution in [0.25, 0.3) is 0 Å². The van der Waals surface area contributed by atoms with E-state index in [1.54, 1.807) is 0 Å². The van der Waals surface area contributed by atoms with Crippen molar-refractivity contribution in [2.75, 3.05) is 18.5 Å². The first-order chi connectivity index (χ1) is 13.6. The van der Waals surface area contributed by atoms with Crippen molar-refractivity contribution < 1.29 is 14.3 Å². The Kier molecular flexibility index (Phi) is 6.68. The van der Waals surface area contributed by atoms with Crippen LogP contribution in [0, 0.1) is 13.8 Å². The monoisotopic (exact) mass is 375 g/mol. The molecule has 0 fully saturated rings. The summed E-state index contributed by atoms with van der Waals surface area (Å²) in [6.45, 7) is 4.64. The maximum Gasteiger partial charge on any atom is 0.262 e. The highest BCUT2D eigenvalue weighted by molar-refractivity contribution is 5.91. The van der Waals surface area contributed by atoms with Crippen LogP contribution in [0.1, 0.15) is 16.7 Å². The smallest absolute Gasteiger partial charge is 0.262 e. The second kappa shape index (κ2) is 9.60. The van der Waals surface area contributed by atoms with Crippen LogP contribution in [-0.4, -0.2) is 19.1 Å². The molecule has 1 N–H and O–H groups in total. The summed E-state index contributed by atoms with van der Waals surface area (Å²) in [5.74, 6) is 1.27. The molecule has 0 saturated heterocycles. The summed E-state index contributed by atoms with van der Waals surface area (Å²) in [4.78, 5) is 12.1. The minimum absolute atomic E-state index is 0.0299. The highest BCUT2D eigenvalue weighted by Crippen LogP contribution is 2.18. The van der Waals surface area contributed by atoms with Crippen molar-refractivity contribution in [2.45, 2.75) is 20.3 Å². The predicted octanol–water partition coefficient (Wildman–Crippen LogP) is 4.94. The van der Waals surface area contributed by atoms with Crippen molar-refractivity contribution in [2.24, 2.45) is 0 Å². The largest absolute Gasteiger partial charge is 0.493 e. The van der Waals surface area contributed by atoms with Gasteiger partial charge in [0.2, 0.25) is 0 Å². The van der Waals surface area contributed by atoms with Crippen molar-refractivity contribution in [3.8, 4) is 11.5 Å². The minimum Gasteiger partial charge on any atom is -0.493 e. The molecule has 0 aliphatic heterocycles. The van der Waals surface area contributed by atoms with Crippen LogP contribution >= 0.6 is 0 Å². The van der Waals surface area contributed by atoms with Gasteiger partial charge in [0.1, 0.15) is 11.5 Å². The van der Waals surface area contributed by atoms with Crippen molar-refractivity contribution in [1.82, 2.24) is 0 Å². The molecule has 4 heteroatoms. The van der Waals surface area contributed by atoms with E-state index in [0.29, 0.717) is 18.0 Å². The zero-order chi connectivity index (χ0) is 19.8. The molecule has 0 unspecified atom stereocenters. The molecule has 4 nitrogen and oxygen atoms in total. The van der Waals surface area contributed by atoms with Gasteiger partial charge < -0.3 is 14.8 Å². The number of ether oxygens (including phenoxy) is 2. The van der Waals surface area contributed by atoms with Crippen LogP contribution < -0.4 is 14.8 Å². The van der Waals surface area contributed by atoms with E-state index in [1.165, 1.54) is 11.1 Å². The molecule has 3 rings (SSSR count). The topological polar surface area (TPSA) is 47.6 Å². The molecular weight excluding hydrogens is 350 g/mol. The Morgan fingerprint density at radius 1 is 0.821 bits per heavy atom. The van der Waals surface area contributed by atoms with Gasteiger partial charge in [-0.3, -0.25) is 4.79 Å². The van der Waals surface area contributed by atoms with Crippen LogP contribution in [-0.2, 0) is 11.2 Å². The van der Waals surface area contributed by atoms with E-state index in [0.717, 1.165) is 17.7 Å². The number of carbonyl (C=O) groups excluding carboxylic acids is 1. The van der Waals surface area contributed by atoms with Gasteiger partial charge in [-0.05, 0) is 66.9 Å². The molecule has 0 saturated carbocycles. The average Bonchev–Trinajstić information content (AvgIpc) is 2.71. The fourth-order valence-electron chi connectivity index (χ4n) is 2.72. The second-order valence-electron chi connectivity index (χ2n) is 6.69. The number of hydrogen-bond donors (Lipinski definition) is 1. The van der Waals surface area contributed by atoms with Crippen molar-refractivity contribution >= 4 is 11.6 Å². The highest BCUT2D eigenvalue weighted by atomic mass is 16.5. The lowest BCUT2D eigenvalue weighted by molar-refractivity contribution is -0.118. The molecule has 3 aromatic rings. The van der Waals surface area contributed by atoms with E-state index in [9.17, 15) is 4.79 Å². The van der Waals surface area contributed by atoms with Crippen molar-refractivity contribution in [1.29, 1.82) is 0 Å². The lowest BCUT2D eigenvalue weighted by atomic mass is 10.1. The Morgan fingerprint density at radius 2 is 1.54 bits per heavy atom. The number of amides is 1. The third kappa shape index (κ3) is 5.88. The van der Waals surface area contributed by atoms with Crippen LogP contribution in [0.5, 0.6) is 11.5 Å². The number of hydrogen-bond acceptors (Lipinski definition) is 3. The first-order valence-electron chi connectivity index (χ1n) is 9.37. The summed E-state index contributed by atoms with van der Waals surface area (Å²) in [5, 5.41) is 2.83. The van der Waals surface area contributed by atoms with Gasteiger partial charge in [0.05, 0.1) is 6.61 Å². The van der Waals surface area contributed by atoms with Crippen LogP contribution in [0.3, 0.4) is 0 Å². The minimum atomic E-state index is -0.198. The van der Waals surface area contributed by atoms with Gasteiger partial charge in [0.15, 0.2) is 6.61 Å². The summed E-state index contributed by atoms with van der Waals surface area (Å²) >= 11 is 0. The number of carbonyl (C=O) groups is 1. The molecule has 0 bridgehead atoms. The quantitative estimate of drug-likeness (QED) is 0.606. The van der Waals surface area contributed by atoms with E-state index < -0.39 is 0 Å². The normalized spacial score (nSPS) is 10.4. The summed E-state index contributed by atoms with van der Waals surface area (Å²) in [5.41, 5.74) is 4.29. The molecule has 28 heavy (non-hydrogen) atoms. The Bertz CT molecular complexity index is 905. The Balaban J connectivity index is 1.42. The Morgan fingerprint density at radius 3 is 2.25 bits per heavy atom. The zero-order valence-corrected chi connectivity index (χ0v) is 16.3. The van der Waals surface area contributed by atoms with Crippen molar-refractivity contribution in [3.63, 3.8) is 0 Å². The van der Waals surface area contributed by atoms with Crippen LogP contribution in [0.2, 0.25) is 0 Å². The number of anilines is 1. The maximum atomic E-state index is 12.1. The maximum absolute atomic E-state index is 12.1. The molecule has 0 atom stereocenters. The van der Waals surface area contributed by atoms with Gasteiger partial charge in [-0.1, -0.05) is 36.4 Å². The summed E-state index contributed by atoms with van der Waals surface area (Å²) < 4.78 is 11.3. The fourth-order valence-corrected chi connectivity index (χ4v) is 2.72. The van der Waals surface area contributed by atoms with Crippen molar-refractivity contribution in [3.05, 3.63) is 89.5 Å². The number of nitrogens with one attached hydrogen (secondary N) is 1. The molecule has 0 spiro atoms. The first-order valence-corrected chi connectivity index (χ1v) is 9.37. The fraction of sp³-hybridized carbons (Fsp3) is 0.208. The number of aryl methyl sites for hydroxylation is 2. The van der Waals surface area contributed by atoms with Gasteiger partial charge in [0, 0.05) is 12.1 Å². The summed E-state index contributed by atoms with van der Waals surface area (Å²) in [6.07, 6.45) is 0.856. The first kappa shape index (κ1) is 19.5. The van der Waals surface area contributed by atoms with E-state index in [4.69, 9.17) is 9.47 Å². The molecule has 0 aliphatic carbocycles. The molecule has 3 aromatic carbocycles. The van der Waals surface area contributed by atoms with Gasteiger partial charge in [-0.15, -0.1) is 0 Å². The number of rotatable bonds is 8. The van der Waals surface area contributed by atoms with Crippen LogP contribution in [0.15, 0.2) is 72.8 Å². The number of benzene rings is 3. The van der Waals surface area contributed by atoms with E-state index in [-0.39, 0.29) is 12.5 Å². The van der Waals surface area contributed by atoms with Gasteiger partial charge in [-0.2, -0.15) is 0 Å². The van der Waals surface area contributed by atoms with Gasteiger partial charge in [-0.25, -0.2) is 0 Å². The molecular formula is C24H25NO3. The van der Waals surface area contributed by atoms with E-state index in [1.807, 2.05) is 74.5 Å². The standard InChI is InChI=1S/C24H25NO3/c1-18-8-11-23(16-19(18)2)28-17-24(26)25-21-9-12-22(13-10-21)27-15-14-20-6-4-3-5-7-20/h3-13,16H,14-15,17H2,1-2H3,(H,25,26). The highest BCUT2D eigenvalue weighted by Gasteiger charge is 2.05. The molecule has 144 valence electrons. The molecule has 0 aliphatic rings. The van der Waals surface area contributed by atoms with E-state index in [2.05, 4.69) is 17.4 Å². The third-order valence-electron chi connectivity index (χ3n) is 4.49. The summed E-state index contributed by atoms with van der Waals surface area (Å²) in [6, 6.07) is 23.4. The summed E-state index contributed by atoms with van der Waals surface area (Å²) in [7, 11) is 0. The Hall–Kier alpha value is -3.27. The molecule has 1 amide bonds. The zero-order valence-electron chi connectivity index (χ0n) is 16.3. The SMILES string of the molecule is Cc1ccc(OCC(=O)Nc2ccc(OCCc3ccccc3)cc2)cc1C. The molecule has 0 radical (unpaired) electrons. The third-order valence-corrected chi connectivity index (χ3v) is 4.49. The molecule has 0 heterocycles. The van der Waals surface area contributed by atoms with Gasteiger partial charge in [0.25, 0.3) is 5.91 Å². The second-order valence-corrected chi connectivity index (χ2v) is 6.69. The van der Waals surface area contributed by atoms with Gasteiger partial charge >= 0.3 is 0 Å². The average molecular weight is 375 g/mol. The van der Waals surface area contributed by atoms with E-state index >= 15 is 0 Å². The van der Waals surface area contributed by atoms with Crippen LogP contribution in [0.4, 0.5) is 5.69 Å². The predicted molar refractivity (Wildman–Crippen MR) is 112 cm³/mol. The lowest BCUT2D eigenvalue weighted by Gasteiger charge is -2.10. The Labute approximate surface area is 166 Å².